The summed E-state index contributed by atoms with van der Waals surface area (Å²) in [6.45, 7) is 4.72. The van der Waals surface area contributed by atoms with Crippen LogP contribution in [0.15, 0.2) is 46.9 Å². The Morgan fingerprint density at radius 3 is 2.57 bits per heavy atom. The third-order valence-electron chi connectivity index (χ3n) is 4.44. The van der Waals surface area contributed by atoms with Gasteiger partial charge in [0.2, 0.25) is 11.8 Å². The highest BCUT2D eigenvalue weighted by atomic mass is 79.9. The van der Waals surface area contributed by atoms with Gasteiger partial charge in [-0.05, 0) is 48.7 Å². The first kappa shape index (κ1) is 25.1. The fourth-order valence-corrected chi connectivity index (χ4v) is 4.40. The molecule has 0 aliphatic heterocycles. The SMILES string of the molecule is CCCNC(=O)[C@H](C)N(Cc1cccc(Br)c1)C(=O)CSCc1ccc(Cl)c(Cl)c1. The normalized spacial score (nSPS) is 11.8. The Balaban J connectivity index is 2.06. The maximum absolute atomic E-state index is 13.0. The lowest BCUT2D eigenvalue weighted by molar-refractivity contribution is -0.138. The highest BCUT2D eigenvalue weighted by Crippen LogP contribution is 2.25. The zero-order valence-corrected chi connectivity index (χ0v) is 20.9. The van der Waals surface area contributed by atoms with Gasteiger partial charge in [0.15, 0.2) is 0 Å². The predicted molar refractivity (Wildman–Crippen MR) is 130 cm³/mol. The lowest BCUT2D eigenvalue weighted by Crippen LogP contribution is -2.48. The Kier molecular flexibility index (Phi) is 10.5. The van der Waals surface area contributed by atoms with E-state index in [-0.39, 0.29) is 17.6 Å². The molecular formula is C22H25BrCl2N2O2S. The van der Waals surface area contributed by atoms with Gasteiger partial charge >= 0.3 is 0 Å². The van der Waals surface area contributed by atoms with Crippen LogP contribution in [-0.4, -0.2) is 35.1 Å². The molecule has 0 aliphatic carbocycles. The van der Waals surface area contributed by atoms with Crippen LogP contribution < -0.4 is 5.32 Å². The minimum atomic E-state index is -0.561. The highest BCUT2D eigenvalue weighted by molar-refractivity contribution is 9.10. The molecule has 162 valence electrons. The van der Waals surface area contributed by atoms with Crippen molar-refractivity contribution in [2.75, 3.05) is 12.3 Å². The van der Waals surface area contributed by atoms with E-state index in [4.69, 9.17) is 23.2 Å². The summed E-state index contributed by atoms with van der Waals surface area (Å²) in [7, 11) is 0. The second kappa shape index (κ2) is 12.6. The van der Waals surface area contributed by atoms with Gasteiger partial charge in [-0.1, -0.05) is 64.3 Å². The smallest absolute Gasteiger partial charge is 0.242 e. The van der Waals surface area contributed by atoms with Crippen molar-refractivity contribution in [3.63, 3.8) is 0 Å². The van der Waals surface area contributed by atoms with E-state index in [1.54, 1.807) is 24.0 Å². The van der Waals surface area contributed by atoms with Gasteiger partial charge in [0.05, 0.1) is 15.8 Å². The van der Waals surface area contributed by atoms with Crippen LogP contribution in [0.4, 0.5) is 0 Å². The number of carbonyl (C=O) groups is 2. The molecule has 2 amide bonds. The summed E-state index contributed by atoms with van der Waals surface area (Å²) in [5.41, 5.74) is 1.96. The monoisotopic (exact) mass is 530 g/mol. The van der Waals surface area contributed by atoms with Gasteiger partial charge in [0, 0.05) is 23.3 Å². The minimum absolute atomic E-state index is 0.0841. The third kappa shape index (κ3) is 7.80. The standard InChI is InChI=1S/C22H25BrCl2N2O2S/c1-3-9-26-22(29)15(2)27(12-16-5-4-6-18(23)10-16)21(28)14-30-13-17-7-8-19(24)20(25)11-17/h4-8,10-11,15H,3,9,12-14H2,1-2H3,(H,26,29)/t15-/m0/s1. The number of amides is 2. The number of hydrogen-bond donors (Lipinski definition) is 1. The number of hydrogen-bond acceptors (Lipinski definition) is 3. The van der Waals surface area contributed by atoms with Crippen LogP contribution in [0, 0.1) is 0 Å². The molecule has 30 heavy (non-hydrogen) atoms. The van der Waals surface area contributed by atoms with E-state index in [2.05, 4.69) is 21.2 Å². The summed E-state index contributed by atoms with van der Waals surface area (Å²) in [4.78, 5) is 27.2. The van der Waals surface area contributed by atoms with E-state index in [1.807, 2.05) is 37.3 Å². The van der Waals surface area contributed by atoms with Crippen molar-refractivity contribution < 1.29 is 9.59 Å². The molecule has 0 radical (unpaired) electrons. The van der Waals surface area contributed by atoms with Crippen molar-refractivity contribution in [1.82, 2.24) is 10.2 Å². The van der Waals surface area contributed by atoms with E-state index in [0.717, 1.165) is 22.0 Å². The summed E-state index contributed by atoms with van der Waals surface area (Å²) in [5.74, 6) is 0.664. The molecule has 2 aromatic rings. The van der Waals surface area contributed by atoms with Crippen LogP contribution in [0.1, 0.15) is 31.4 Å². The summed E-state index contributed by atoms with van der Waals surface area (Å²) in [6, 6.07) is 12.6. The van der Waals surface area contributed by atoms with Gasteiger partial charge in [-0.2, -0.15) is 0 Å². The number of benzene rings is 2. The van der Waals surface area contributed by atoms with E-state index < -0.39 is 6.04 Å². The van der Waals surface area contributed by atoms with Gasteiger partial charge in [-0.25, -0.2) is 0 Å². The highest BCUT2D eigenvalue weighted by Gasteiger charge is 2.25. The molecule has 2 rings (SSSR count). The lowest BCUT2D eigenvalue weighted by atomic mass is 10.1. The quantitative estimate of drug-likeness (QED) is 0.413. The van der Waals surface area contributed by atoms with Crippen molar-refractivity contribution in [2.45, 2.75) is 38.6 Å². The van der Waals surface area contributed by atoms with Gasteiger partial charge in [-0.15, -0.1) is 11.8 Å². The molecule has 0 saturated carbocycles. The van der Waals surface area contributed by atoms with Crippen molar-refractivity contribution in [2.24, 2.45) is 0 Å². The van der Waals surface area contributed by atoms with Crippen LogP contribution in [0.3, 0.4) is 0 Å². The molecular weight excluding hydrogens is 507 g/mol. The summed E-state index contributed by atoms with van der Waals surface area (Å²) < 4.78 is 0.935. The molecule has 1 atom stereocenters. The molecule has 4 nitrogen and oxygen atoms in total. The second-order valence-corrected chi connectivity index (χ2v) is 9.58. The Morgan fingerprint density at radius 2 is 1.90 bits per heavy atom. The molecule has 0 bridgehead atoms. The van der Waals surface area contributed by atoms with E-state index >= 15 is 0 Å². The fourth-order valence-electron chi connectivity index (χ4n) is 2.78. The van der Waals surface area contributed by atoms with Crippen molar-refractivity contribution in [3.8, 4) is 0 Å². The Labute approximate surface area is 200 Å². The predicted octanol–water partition coefficient (Wildman–Crippen LogP) is 5.93. The second-order valence-electron chi connectivity index (χ2n) is 6.86. The number of carbonyl (C=O) groups excluding carboxylic acids is 2. The van der Waals surface area contributed by atoms with Crippen molar-refractivity contribution in [3.05, 3.63) is 68.1 Å². The number of rotatable bonds is 10. The van der Waals surface area contributed by atoms with Crippen LogP contribution in [0.2, 0.25) is 10.0 Å². The fraction of sp³-hybridized carbons (Fsp3) is 0.364. The van der Waals surface area contributed by atoms with E-state index in [9.17, 15) is 9.59 Å². The Hall–Kier alpha value is -1.21. The first-order valence-corrected chi connectivity index (χ1v) is 12.4. The van der Waals surface area contributed by atoms with Gasteiger partial charge in [0.25, 0.3) is 0 Å². The van der Waals surface area contributed by atoms with Crippen LogP contribution in [-0.2, 0) is 21.9 Å². The number of nitrogens with one attached hydrogen (secondary N) is 1. The molecule has 0 spiro atoms. The van der Waals surface area contributed by atoms with Crippen LogP contribution in [0.25, 0.3) is 0 Å². The van der Waals surface area contributed by atoms with Gasteiger partial charge in [-0.3, -0.25) is 9.59 Å². The molecule has 2 aromatic carbocycles. The van der Waals surface area contributed by atoms with Gasteiger partial charge in [0.1, 0.15) is 6.04 Å². The average molecular weight is 532 g/mol. The molecule has 1 N–H and O–H groups in total. The molecule has 8 heteroatoms. The van der Waals surface area contributed by atoms with E-state index in [0.29, 0.717) is 28.9 Å². The zero-order chi connectivity index (χ0) is 22.1. The van der Waals surface area contributed by atoms with Gasteiger partial charge < -0.3 is 10.2 Å². The maximum atomic E-state index is 13.0. The maximum Gasteiger partial charge on any atom is 0.242 e. The van der Waals surface area contributed by atoms with Crippen LogP contribution >= 0.6 is 50.9 Å². The zero-order valence-electron chi connectivity index (χ0n) is 17.0. The first-order chi connectivity index (χ1) is 14.3. The van der Waals surface area contributed by atoms with E-state index in [1.165, 1.54) is 11.8 Å². The topological polar surface area (TPSA) is 49.4 Å². The Bertz CT molecular complexity index is 882. The van der Waals surface area contributed by atoms with Crippen LogP contribution in [0.5, 0.6) is 0 Å². The van der Waals surface area contributed by atoms with Crippen molar-refractivity contribution >= 4 is 62.7 Å². The number of halogens is 3. The molecule has 0 fully saturated rings. The first-order valence-electron chi connectivity index (χ1n) is 9.65. The average Bonchev–Trinajstić information content (AvgIpc) is 2.72. The number of nitrogens with zero attached hydrogens (tertiary/aromatic N) is 1. The molecule has 0 aromatic heterocycles. The summed E-state index contributed by atoms with van der Waals surface area (Å²) in [6.07, 6.45) is 0.845. The molecule has 0 aliphatic rings. The third-order valence-corrected chi connectivity index (χ3v) is 6.66. The molecule has 0 heterocycles. The molecule has 0 saturated heterocycles. The lowest BCUT2D eigenvalue weighted by Gasteiger charge is -2.29. The summed E-state index contributed by atoms with van der Waals surface area (Å²) in [5, 5.41) is 3.89. The minimum Gasteiger partial charge on any atom is -0.354 e. The Morgan fingerprint density at radius 1 is 1.13 bits per heavy atom. The summed E-state index contributed by atoms with van der Waals surface area (Å²) >= 11 is 17.0. The number of thioether (sulfide) groups is 1. The largest absolute Gasteiger partial charge is 0.354 e. The molecule has 0 unspecified atom stereocenters. The van der Waals surface area contributed by atoms with Crippen molar-refractivity contribution in [1.29, 1.82) is 0 Å².